The van der Waals surface area contributed by atoms with Gasteiger partial charge in [-0.25, -0.2) is 17.5 Å². The molecule has 0 fully saturated rings. The number of aryl methyl sites for hydroxylation is 1. The summed E-state index contributed by atoms with van der Waals surface area (Å²) in [5, 5.41) is 3.74. The molecule has 0 aliphatic heterocycles. The zero-order chi connectivity index (χ0) is 16.9. The van der Waals surface area contributed by atoms with Gasteiger partial charge in [-0.2, -0.15) is 0 Å². The lowest BCUT2D eigenvalue weighted by Crippen LogP contribution is -2.32. The van der Waals surface area contributed by atoms with Gasteiger partial charge >= 0.3 is 0 Å². The molecule has 0 atom stereocenters. The highest BCUT2D eigenvalue weighted by Gasteiger charge is 2.13. The topological polar surface area (TPSA) is 75.4 Å². The molecule has 0 spiro atoms. The Kier molecular flexibility index (Phi) is 5.86. The van der Waals surface area contributed by atoms with Crippen molar-refractivity contribution in [3.8, 4) is 0 Å². The van der Waals surface area contributed by atoms with Gasteiger partial charge in [-0.15, -0.1) is 0 Å². The van der Waals surface area contributed by atoms with E-state index in [-0.39, 0.29) is 17.2 Å². The Bertz CT molecular complexity index is 729. The van der Waals surface area contributed by atoms with Gasteiger partial charge in [0.15, 0.2) is 5.76 Å². The standard InChI is InChI=1S/C15H20FN3O3S/c1-12-3-5-15(6-4-12)23(20,21)17-7-8-19(2)11-13-9-14(10-16)22-18-13/h3-6,9,17H,7-8,10-11H2,1-2H3. The third-order valence-electron chi connectivity index (χ3n) is 3.29. The molecule has 6 nitrogen and oxygen atoms in total. The predicted molar refractivity (Wildman–Crippen MR) is 84.0 cm³/mol. The molecule has 0 unspecified atom stereocenters. The van der Waals surface area contributed by atoms with Gasteiger partial charge in [-0.05, 0) is 26.1 Å². The van der Waals surface area contributed by atoms with Crippen LogP contribution in [0.1, 0.15) is 17.0 Å². The Morgan fingerprint density at radius 3 is 2.61 bits per heavy atom. The van der Waals surface area contributed by atoms with E-state index in [4.69, 9.17) is 4.52 Å². The van der Waals surface area contributed by atoms with Gasteiger partial charge in [-0.1, -0.05) is 22.9 Å². The number of rotatable bonds is 8. The number of aromatic nitrogens is 1. The van der Waals surface area contributed by atoms with Crippen LogP contribution in [0.3, 0.4) is 0 Å². The number of hydrogen-bond donors (Lipinski definition) is 1. The molecule has 1 aromatic carbocycles. The van der Waals surface area contributed by atoms with Crippen LogP contribution in [0.15, 0.2) is 39.8 Å². The normalized spacial score (nSPS) is 12.0. The van der Waals surface area contributed by atoms with Crippen LogP contribution in [0.5, 0.6) is 0 Å². The van der Waals surface area contributed by atoms with Gasteiger partial charge in [0.25, 0.3) is 0 Å². The number of nitrogens with one attached hydrogen (secondary N) is 1. The highest BCUT2D eigenvalue weighted by atomic mass is 32.2. The maximum absolute atomic E-state index is 12.4. The minimum atomic E-state index is -3.51. The average molecular weight is 341 g/mol. The van der Waals surface area contributed by atoms with Crippen molar-refractivity contribution in [1.29, 1.82) is 0 Å². The van der Waals surface area contributed by atoms with Crippen molar-refractivity contribution in [2.24, 2.45) is 0 Å². The number of nitrogens with zero attached hydrogens (tertiary/aromatic N) is 2. The second kappa shape index (κ2) is 7.67. The fourth-order valence-corrected chi connectivity index (χ4v) is 3.04. The molecule has 0 saturated heterocycles. The van der Waals surface area contributed by atoms with Crippen LogP contribution in [-0.2, 0) is 23.2 Å². The van der Waals surface area contributed by atoms with Gasteiger partial charge in [0.05, 0.1) is 10.6 Å². The molecule has 23 heavy (non-hydrogen) atoms. The third-order valence-corrected chi connectivity index (χ3v) is 4.77. The Labute approximate surface area is 135 Å². The summed E-state index contributed by atoms with van der Waals surface area (Å²) in [6.07, 6.45) is 0. The molecule has 1 heterocycles. The molecular formula is C15H20FN3O3S. The maximum atomic E-state index is 12.4. The predicted octanol–water partition coefficient (Wildman–Crippen LogP) is 1.86. The molecule has 0 aliphatic rings. The van der Waals surface area contributed by atoms with Gasteiger partial charge in [0.1, 0.15) is 6.67 Å². The van der Waals surface area contributed by atoms with Crippen LogP contribution in [-0.4, -0.2) is 38.6 Å². The van der Waals surface area contributed by atoms with E-state index in [1.807, 2.05) is 18.9 Å². The first-order chi connectivity index (χ1) is 10.9. The van der Waals surface area contributed by atoms with E-state index >= 15 is 0 Å². The lowest BCUT2D eigenvalue weighted by atomic mass is 10.2. The zero-order valence-electron chi connectivity index (χ0n) is 13.1. The highest BCUT2D eigenvalue weighted by Crippen LogP contribution is 2.10. The van der Waals surface area contributed by atoms with Gasteiger partial charge in [0, 0.05) is 25.7 Å². The third kappa shape index (κ3) is 5.12. The molecule has 0 radical (unpaired) electrons. The average Bonchev–Trinajstić information content (AvgIpc) is 2.95. The number of hydrogen-bond acceptors (Lipinski definition) is 5. The summed E-state index contributed by atoms with van der Waals surface area (Å²) in [5.41, 5.74) is 1.62. The van der Waals surface area contributed by atoms with E-state index in [0.717, 1.165) is 5.56 Å². The summed E-state index contributed by atoms with van der Waals surface area (Å²) >= 11 is 0. The summed E-state index contributed by atoms with van der Waals surface area (Å²) in [6, 6.07) is 8.22. The van der Waals surface area contributed by atoms with Crippen molar-refractivity contribution >= 4 is 10.0 Å². The first-order valence-corrected chi connectivity index (χ1v) is 8.64. The number of alkyl halides is 1. The summed E-state index contributed by atoms with van der Waals surface area (Å²) < 4.78 is 44.0. The van der Waals surface area contributed by atoms with Gasteiger partial charge < -0.3 is 4.52 Å². The minimum Gasteiger partial charge on any atom is -0.358 e. The van der Waals surface area contributed by atoms with E-state index in [2.05, 4.69) is 9.88 Å². The van der Waals surface area contributed by atoms with Crippen LogP contribution in [0.25, 0.3) is 0 Å². The fourth-order valence-electron chi connectivity index (χ4n) is 2.02. The quantitative estimate of drug-likeness (QED) is 0.793. The molecule has 0 bridgehead atoms. The summed E-state index contributed by atoms with van der Waals surface area (Å²) in [5.74, 6) is 0.188. The van der Waals surface area contributed by atoms with Crippen molar-refractivity contribution in [2.45, 2.75) is 25.0 Å². The Morgan fingerprint density at radius 1 is 1.30 bits per heavy atom. The molecule has 0 saturated carbocycles. The van der Waals surface area contributed by atoms with E-state index in [9.17, 15) is 12.8 Å². The number of benzene rings is 1. The minimum absolute atomic E-state index is 0.188. The van der Waals surface area contributed by atoms with Crippen molar-refractivity contribution in [3.63, 3.8) is 0 Å². The highest BCUT2D eigenvalue weighted by molar-refractivity contribution is 7.89. The maximum Gasteiger partial charge on any atom is 0.240 e. The van der Waals surface area contributed by atoms with Crippen LogP contribution < -0.4 is 4.72 Å². The molecule has 8 heteroatoms. The lowest BCUT2D eigenvalue weighted by Gasteiger charge is -2.15. The van der Waals surface area contributed by atoms with E-state index in [1.165, 1.54) is 0 Å². The molecule has 2 aromatic rings. The van der Waals surface area contributed by atoms with Crippen LogP contribution >= 0.6 is 0 Å². The van der Waals surface area contributed by atoms with Gasteiger partial charge in [0.2, 0.25) is 10.0 Å². The summed E-state index contributed by atoms with van der Waals surface area (Å²) in [6.45, 7) is 2.42. The van der Waals surface area contributed by atoms with E-state index in [0.29, 0.717) is 18.8 Å². The van der Waals surface area contributed by atoms with E-state index < -0.39 is 16.7 Å². The van der Waals surface area contributed by atoms with Crippen LogP contribution in [0.2, 0.25) is 0 Å². The summed E-state index contributed by atoms with van der Waals surface area (Å²) in [7, 11) is -1.68. The molecule has 0 amide bonds. The zero-order valence-corrected chi connectivity index (χ0v) is 13.9. The SMILES string of the molecule is Cc1ccc(S(=O)(=O)NCCN(C)Cc2cc(CF)on2)cc1. The molecule has 0 aliphatic carbocycles. The number of sulfonamides is 1. The smallest absolute Gasteiger partial charge is 0.240 e. The molecule has 1 N–H and O–H groups in total. The largest absolute Gasteiger partial charge is 0.358 e. The first kappa shape index (κ1) is 17.6. The monoisotopic (exact) mass is 341 g/mol. The number of likely N-dealkylation sites (N-methyl/N-ethyl adjacent to an activating group) is 1. The van der Waals surface area contributed by atoms with Crippen LogP contribution in [0, 0.1) is 6.92 Å². The molecule has 2 rings (SSSR count). The Morgan fingerprint density at radius 2 is 2.00 bits per heavy atom. The second-order valence-corrected chi connectivity index (χ2v) is 7.13. The van der Waals surface area contributed by atoms with Crippen molar-refractivity contribution < 1.29 is 17.3 Å². The molecular weight excluding hydrogens is 321 g/mol. The van der Waals surface area contributed by atoms with Crippen LogP contribution in [0.4, 0.5) is 4.39 Å². The summed E-state index contributed by atoms with van der Waals surface area (Å²) in [4.78, 5) is 2.12. The Balaban J connectivity index is 1.82. The number of halogens is 1. The second-order valence-electron chi connectivity index (χ2n) is 5.37. The van der Waals surface area contributed by atoms with Gasteiger partial charge in [-0.3, -0.25) is 4.90 Å². The molecule has 1 aromatic heterocycles. The lowest BCUT2D eigenvalue weighted by molar-refractivity contribution is 0.301. The fraction of sp³-hybridized carbons (Fsp3) is 0.400. The van der Waals surface area contributed by atoms with Crippen molar-refractivity contribution in [1.82, 2.24) is 14.8 Å². The molecule has 126 valence electrons. The van der Waals surface area contributed by atoms with Crippen molar-refractivity contribution in [3.05, 3.63) is 47.3 Å². The van der Waals surface area contributed by atoms with E-state index in [1.54, 1.807) is 30.3 Å². The van der Waals surface area contributed by atoms with Crippen molar-refractivity contribution in [2.75, 3.05) is 20.1 Å². The Hall–Kier alpha value is -1.77. The first-order valence-electron chi connectivity index (χ1n) is 7.16.